The molecule has 0 spiro atoms. The zero-order valence-electron chi connectivity index (χ0n) is 10.2. The number of rotatable bonds is 6. The predicted octanol–water partition coefficient (Wildman–Crippen LogP) is 2.99. The van der Waals surface area contributed by atoms with Crippen molar-refractivity contribution in [2.75, 3.05) is 14.2 Å². The van der Waals surface area contributed by atoms with Gasteiger partial charge in [0.1, 0.15) is 0 Å². The van der Waals surface area contributed by atoms with Crippen molar-refractivity contribution in [3.05, 3.63) is 42.0 Å². The molecule has 0 aliphatic carbocycles. The van der Waals surface area contributed by atoms with E-state index in [4.69, 9.17) is 8.85 Å². The molecule has 0 fully saturated rings. The SMILES string of the molecule is CO[SiH](OC)C(C)CC=Cc1ccccc1. The molecule has 16 heavy (non-hydrogen) atoms. The largest absolute Gasteiger partial charge is 0.400 e. The smallest absolute Gasteiger partial charge is 0.324 e. The van der Waals surface area contributed by atoms with Gasteiger partial charge in [0.25, 0.3) is 0 Å². The van der Waals surface area contributed by atoms with Crippen LogP contribution in [0.1, 0.15) is 18.9 Å². The molecule has 0 amide bonds. The predicted molar refractivity (Wildman–Crippen MR) is 70.7 cm³/mol. The normalized spacial score (nSPS) is 13.5. The van der Waals surface area contributed by atoms with Crippen LogP contribution in [0.4, 0.5) is 0 Å². The quantitative estimate of drug-likeness (QED) is 0.707. The molecule has 0 aliphatic rings. The zero-order chi connectivity index (χ0) is 11.8. The topological polar surface area (TPSA) is 18.5 Å². The Kier molecular flexibility index (Phi) is 6.07. The minimum Gasteiger partial charge on any atom is -0.400 e. The third-order valence-corrected chi connectivity index (χ3v) is 4.68. The van der Waals surface area contributed by atoms with E-state index in [1.54, 1.807) is 14.2 Å². The highest BCUT2D eigenvalue weighted by molar-refractivity contribution is 6.46. The van der Waals surface area contributed by atoms with Crippen LogP contribution in [0.2, 0.25) is 5.54 Å². The highest BCUT2D eigenvalue weighted by atomic mass is 28.3. The van der Waals surface area contributed by atoms with Crippen molar-refractivity contribution in [1.29, 1.82) is 0 Å². The van der Waals surface area contributed by atoms with E-state index in [2.05, 4.69) is 31.2 Å². The summed E-state index contributed by atoms with van der Waals surface area (Å²) in [5.41, 5.74) is 1.73. The van der Waals surface area contributed by atoms with Gasteiger partial charge in [0, 0.05) is 19.8 Å². The van der Waals surface area contributed by atoms with E-state index in [0.717, 1.165) is 6.42 Å². The lowest BCUT2D eigenvalue weighted by Gasteiger charge is -2.16. The minimum absolute atomic E-state index is 0.495. The van der Waals surface area contributed by atoms with Gasteiger partial charge in [-0.3, -0.25) is 0 Å². The molecule has 0 aromatic heterocycles. The monoisotopic (exact) mass is 236 g/mol. The van der Waals surface area contributed by atoms with E-state index in [0.29, 0.717) is 5.54 Å². The van der Waals surface area contributed by atoms with Crippen LogP contribution in [-0.2, 0) is 8.85 Å². The van der Waals surface area contributed by atoms with Crippen LogP contribution in [0.25, 0.3) is 6.08 Å². The molecule has 3 heteroatoms. The molecule has 0 saturated carbocycles. The molecule has 1 aromatic rings. The first-order chi connectivity index (χ1) is 7.77. The second kappa shape index (κ2) is 7.38. The van der Waals surface area contributed by atoms with Crippen molar-refractivity contribution in [2.45, 2.75) is 18.9 Å². The Bertz CT molecular complexity index is 307. The average molecular weight is 236 g/mol. The fourth-order valence-electron chi connectivity index (χ4n) is 1.65. The van der Waals surface area contributed by atoms with Gasteiger partial charge in [0.15, 0.2) is 0 Å². The first-order valence-electron chi connectivity index (χ1n) is 5.55. The van der Waals surface area contributed by atoms with Gasteiger partial charge in [-0.05, 0) is 12.0 Å². The molecular formula is C13H20O2Si. The highest BCUT2D eigenvalue weighted by Crippen LogP contribution is 2.16. The molecule has 0 bridgehead atoms. The van der Waals surface area contributed by atoms with Crippen molar-refractivity contribution < 1.29 is 8.85 Å². The Morgan fingerprint density at radius 2 is 1.81 bits per heavy atom. The van der Waals surface area contributed by atoms with Crippen molar-refractivity contribution >= 4 is 15.4 Å². The van der Waals surface area contributed by atoms with Crippen LogP contribution in [0.15, 0.2) is 36.4 Å². The Labute approximate surface area is 99.7 Å². The van der Waals surface area contributed by atoms with E-state index in [1.165, 1.54) is 5.56 Å². The highest BCUT2D eigenvalue weighted by Gasteiger charge is 2.17. The lowest BCUT2D eigenvalue weighted by atomic mass is 10.2. The lowest BCUT2D eigenvalue weighted by molar-refractivity contribution is 0.267. The molecule has 0 radical (unpaired) electrons. The van der Waals surface area contributed by atoms with Gasteiger partial charge in [-0.15, -0.1) is 0 Å². The Balaban J connectivity index is 2.42. The first kappa shape index (κ1) is 13.2. The van der Waals surface area contributed by atoms with Crippen molar-refractivity contribution in [3.63, 3.8) is 0 Å². The number of benzene rings is 1. The van der Waals surface area contributed by atoms with E-state index in [1.807, 2.05) is 18.2 Å². The summed E-state index contributed by atoms with van der Waals surface area (Å²) in [5.74, 6) is 0. The van der Waals surface area contributed by atoms with E-state index < -0.39 is 9.28 Å². The van der Waals surface area contributed by atoms with Gasteiger partial charge < -0.3 is 8.85 Å². The number of hydrogen-bond donors (Lipinski definition) is 0. The van der Waals surface area contributed by atoms with Gasteiger partial charge >= 0.3 is 9.28 Å². The molecule has 0 aliphatic heterocycles. The van der Waals surface area contributed by atoms with Gasteiger partial charge in [-0.25, -0.2) is 0 Å². The summed E-state index contributed by atoms with van der Waals surface area (Å²) in [7, 11) is 2.00. The average Bonchev–Trinajstić information content (AvgIpc) is 2.32. The van der Waals surface area contributed by atoms with Crippen LogP contribution in [0.5, 0.6) is 0 Å². The maximum atomic E-state index is 5.35. The summed E-state index contributed by atoms with van der Waals surface area (Å²) in [5, 5.41) is 0. The van der Waals surface area contributed by atoms with Gasteiger partial charge in [-0.1, -0.05) is 49.4 Å². The molecule has 1 rings (SSSR count). The number of allylic oxidation sites excluding steroid dienone is 1. The molecule has 0 N–H and O–H groups in total. The van der Waals surface area contributed by atoms with E-state index in [-0.39, 0.29) is 0 Å². The molecule has 0 saturated heterocycles. The van der Waals surface area contributed by atoms with Gasteiger partial charge in [0.2, 0.25) is 0 Å². The van der Waals surface area contributed by atoms with E-state index >= 15 is 0 Å². The maximum Gasteiger partial charge on any atom is 0.324 e. The molecule has 88 valence electrons. The number of hydrogen-bond acceptors (Lipinski definition) is 2. The maximum absolute atomic E-state index is 5.35. The molecule has 1 atom stereocenters. The standard InChI is InChI=1S/C13H20O2Si/c1-12(16(14-2)15-3)8-7-11-13-9-5-4-6-10-13/h4-7,9-12,16H,8H2,1-3H3. The Hall–Kier alpha value is -0.903. The van der Waals surface area contributed by atoms with Gasteiger partial charge in [-0.2, -0.15) is 0 Å². The molecule has 1 unspecified atom stereocenters. The second-order valence-corrected chi connectivity index (χ2v) is 6.68. The van der Waals surface area contributed by atoms with Crippen molar-refractivity contribution in [1.82, 2.24) is 0 Å². The van der Waals surface area contributed by atoms with Crippen LogP contribution in [0, 0.1) is 0 Å². The minimum atomic E-state index is -1.46. The molecule has 2 nitrogen and oxygen atoms in total. The summed E-state index contributed by atoms with van der Waals surface area (Å²) in [6.07, 6.45) is 5.35. The van der Waals surface area contributed by atoms with Crippen molar-refractivity contribution in [2.24, 2.45) is 0 Å². The molecular weight excluding hydrogens is 216 g/mol. The fourth-order valence-corrected chi connectivity index (χ4v) is 3.16. The van der Waals surface area contributed by atoms with Crippen LogP contribution in [0.3, 0.4) is 0 Å². The first-order valence-corrected chi connectivity index (χ1v) is 7.16. The van der Waals surface area contributed by atoms with Crippen LogP contribution < -0.4 is 0 Å². The molecule has 0 heterocycles. The summed E-state index contributed by atoms with van der Waals surface area (Å²) in [6.45, 7) is 2.18. The third kappa shape index (κ3) is 4.31. The Morgan fingerprint density at radius 1 is 1.19 bits per heavy atom. The zero-order valence-corrected chi connectivity index (χ0v) is 11.4. The van der Waals surface area contributed by atoms with Gasteiger partial charge in [0.05, 0.1) is 0 Å². The lowest BCUT2D eigenvalue weighted by Crippen LogP contribution is -2.24. The van der Waals surface area contributed by atoms with Crippen LogP contribution >= 0.6 is 0 Å². The molecule has 1 aromatic carbocycles. The summed E-state index contributed by atoms with van der Waals surface area (Å²) >= 11 is 0. The van der Waals surface area contributed by atoms with Crippen molar-refractivity contribution in [3.8, 4) is 0 Å². The summed E-state index contributed by atoms with van der Waals surface area (Å²) in [4.78, 5) is 0. The summed E-state index contributed by atoms with van der Waals surface area (Å²) in [6, 6.07) is 10.3. The third-order valence-electron chi connectivity index (χ3n) is 2.55. The second-order valence-electron chi connectivity index (χ2n) is 3.87. The Morgan fingerprint density at radius 3 is 2.38 bits per heavy atom. The van der Waals surface area contributed by atoms with E-state index in [9.17, 15) is 0 Å². The van der Waals surface area contributed by atoms with Crippen LogP contribution in [-0.4, -0.2) is 23.5 Å². The summed E-state index contributed by atoms with van der Waals surface area (Å²) < 4.78 is 10.7. The fraction of sp³-hybridized carbons (Fsp3) is 0.385.